The van der Waals surface area contributed by atoms with E-state index in [9.17, 15) is 9.90 Å². The van der Waals surface area contributed by atoms with E-state index in [1.54, 1.807) is 0 Å². The predicted octanol–water partition coefficient (Wildman–Crippen LogP) is 3.87. The van der Waals surface area contributed by atoms with Crippen LogP contribution in [0.4, 0.5) is 0 Å². The van der Waals surface area contributed by atoms with E-state index in [0.29, 0.717) is 0 Å². The smallest absolute Gasteiger partial charge is 0.162 e. The van der Waals surface area contributed by atoms with E-state index in [0.717, 1.165) is 25.7 Å². The van der Waals surface area contributed by atoms with Gasteiger partial charge in [-0.25, -0.2) is 0 Å². The first-order valence-electron chi connectivity index (χ1n) is 6.47. The molecule has 0 saturated carbocycles. The van der Waals surface area contributed by atoms with Crippen molar-refractivity contribution in [2.24, 2.45) is 11.8 Å². The second-order valence-electron chi connectivity index (χ2n) is 3.90. The van der Waals surface area contributed by atoms with Crippen LogP contribution in [0.25, 0.3) is 0 Å². The maximum atomic E-state index is 11.9. The molecule has 0 aromatic heterocycles. The molecule has 1 N–H and O–H groups in total. The molecule has 15 heavy (non-hydrogen) atoms. The summed E-state index contributed by atoms with van der Waals surface area (Å²) in [6.45, 7) is 7.79. The molecule has 0 saturated heterocycles. The van der Waals surface area contributed by atoms with Crippen molar-refractivity contribution in [2.45, 2.75) is 53.4 Å². The van der Waals surface area contributed by atoms with Crippen LogP contribution in [-0.2, 0) is 4.79 Å². The van der Waals surface area contributed by atoms with E-state index in [4.69, 9.17) is 1.37 Å². The van der Waals surface area contributed by atoms with E-state index in [2.05, 4.69) is 0 Å². The van der Waals surface area contributed by atoms with Gasteiger partial charge in [0.1, 0.15) is 0 Å². The van der Waals surface area contributed by atoms with Crippen LogP contribution in [0.5, 0.6) is 0 Å². The van der Waals surface area contributed by atoms with Gasteiger partial charge >= 0.3 is 0 Å². The first-order chi connectivity index (χ1) is 7.53. The van der Waals surface area contributed by atoms with Gasteiger partial charge in [-0.1, -0.05) is 27.7 Å². The summed E-state index contributed by atoms with van der Waals surface area (Å²) in [6, 6.07) is -0.178. The lowest BCUT2D eigenvalue weighted by Gasteiger charge is -2.13. The lowest BCUT2D eigenvalue weighted by atomic mass is 9.94. The Morgan fingerprint density at radius 3 is 1.87 bits per heavy atom. The summed E-state index contributed by atoms with van der Waals surface area (Å²) >= 11 is 0. The van der Waals surface area contributed by atoms with Crippen LogP contribution in [0.3, 0.4) is 0 Å². The van der Waals surface area contributed by atoms with E-state index < -0.39 is 0 Å². The Bertz CT molecular complexity index is 251. The maximum absolute atomic E-state index is 11.9. The van der Waals surface area contributed by atoms with Crippen LogP contribution < -0.4 is 0 Å². The minimum Gasteiger partial charge on any atom is -0.512 e. The molecule has 0 atom stereocenters. The van der Waals surface area contributed by atoms with Gasteiger partial charge in [0.2, 0.25) is 0 Å². The molecule has 0 heterocycles. The van der Waals surface area contributed by atoms with Crippen molar-refractivity contribution in [3.63, 3.8) is 0 Å². The molecule has 0 aliphatic rings. The highest BCUT2D eigenvalue weighted by Gasteiger charge is 2.15. The second-order valence-corrected chi connectivity index (χ2v) is 3.90. The molecular formula is C13H24O2. The van der Waals surface area contributed by atoms with Gasteiger partial charge in [-0.2, -0.15) is 0 Å². The quantitative estimate of drug-likeness (QED) is 0.515. The molecule has 88 valence electrons. The zero-order valence-corrected chi connectivity index (χ0v) is 10.3. The van der Waals surface area contributed by atoms with Crippen LogP contribution in [0.1, 0.15) is 54.7 Å². The molecular weight excluding hydrogens is 188 g/mol. The molecule has 0 radical (unpaired) electrons. The summed E-state index contributed by atoms with van der Waals surface area (Å²) < 4.78 is 7.74. The number of allylic oxidation sites excluding steroid dienone is 2. The SMILES string of the molecule is [2H]/C(C(=O)C(CC)CC)=C(/O)C(CC)CC. The van der Waals surface area contributed by atoms with Gasteiger partial charge in [-0.3, -0.25) is 4.79 Å². The van der Waals surface area contributed by atoms with Crippen molar-refractivity contribution in [3.05, 3.63) is 11.8 Å². The fraction of sp³-hybridized carbons (Fsp3) is 0.769. The lowest BCUT2D eigenvalue weighted by Crippen LogP contribution is -2.12. The molecule has 0 unspecified atom stereocenters. The molecule has 0 amide bonds. The fourth-order valence-corrected chi connectivity index (χ4v) is 1.67. The molecule has 2 nitrogen and oxygen atoms in total. The average Bonchev–Trinajstić information content (AvgIpc) is 2.30. The van der Waals surface area contributed by atoms with Gasteiger partial charge in [-0.15, -0.1) is 0 Å². The minimum absolute atomic E-state index is 0.0260. The number of carbonyl (C=O) groups is 1. The Morgan fingerprint density at radius 1 is 1.13 bits per heavy atom. The largest absolute Gasteiger partial charge is 0.512 e. The minimum atomic E-state index is -0.214. The van der Waals surface area contributed by atoms with Crippen LogP contribution in [0, 0.1) is 11.8 Å². The summed E-state index contributed by atoms with van der Waals surface area (Å²) in [5, 5.41) is 9.86. The summed E-state index contributed by atoms with van der Waals surface area (Å²) in [4.78, 5) is 11.9. The zero-order chi connectivity index (χ0) is 12.7. The third-order valence-corrected chi connectivity index (χ3v) is 2.98. The average molecular weight is 213 g/mol. The van der Waals surface area contributed by atoms with Crippen molar-refractivity contribution in [2.75, 3.05) is 0 Å². The number of rotatable bonds is 7. The molecule has 0 aliphatic heterocycles. The van der Waals surface area contributed by atoms with Gasteiger partial charge in [0.25, 0.3) is 0 Å². The molecule has 0 bridgehead atoms. The Hall–Kier alpha value is -0.790. The number of hydrogen-bond donors (Lipinski definition) is 1. The van der Waals surface area contributed by atoms with Crippen LogP contribution in [0.2, 0.25) is 0 Å². The Kier molecular flexibility index (Phi) is 6.14. The highest BCUT2D eigenvalue weighted by atomic mass is 16.3. The number of aliphatic hydroxyl groups excluding tert-OH is 1. The van der Waals surface area contributed by atoms with Crippen LogP contribution >= 0.6 is 0 Å². The molecule has 0 spiro atoms. The molecule has 0 aromatic carbocycles. The summed E-state index contributed by atoms with van der Waals surface area (Å²) in [6.07, 6.45) is 2.99. The third-order valence-electron chi connectivity index (χ3n) is 2.98. The van der Waals surface area contributed by atoms with E-state index >= 15 is 0 Å². The third kappa shape index (κ3) is 4.50. The predicted molar refractivity (Wildman–Crippen MR) is 63.9 cm³/mol. The maximum Gasteiger partial charge on any atom is 0.162 e. The topological polar surface area (TPSA) is 37.3 Å². The number of ketones is 1. The van der Waals surface area contributed by atoms with Gasteiger partial charge in [0.15, 0.2) is 5.78 Å². The van der Waals surface area contributed by atoms with Gasteiger partial charge in [0.05, 0.1) is 7.13 Å². The van der Waals surface area contributed by atoms with Crippen molar-refractivity contribution in [1.29, 1.82) is 0 Å². The normalized spacial score (nSPS) is 14.1. The summed E-state index contributed by atoms with van der Waals surface area (Å²) in [5.41, 5.74) is 0. The van der Waals surface area contributed by atoms with Gasteiger partial charge < -0.3 is 5.11 Å². The van der Waals surface area contributed by atoms with Crippen LogP contribution in [0.15, 0.2) is 11.8 Å². The molecule has 2 heteroatoms. The van der Waals surface area contributed by atoms with Crippen molar-refractivity contribution < 1.29 is 11.3 Å². The second kappa shape index (κ2) is 7.49. The molecule has 0 aliphatic carbocycles. The van der Waals surface area contributed by atoms with Crippen molar-refractivity contribution >= 4 is 5.78 Å². The number of carbonyl (C=O) groups excluding carboxylic acids is 1. The van der Waals surface area contributed by atoms with Gasteiger partial charge in [0, 0.05) is 17.9 Å². The van der Waals surface area contributed by atoms with E-state index in [-0.39, 0.29) is 29.4 Å². The standard InChI is InChI=1S/C13H24O2/c1-5-10(6-2)12(14)9-13(15)11(7-3)8-4/h9-11,14H,5-8H2,1-4H3/b12-9-/i9D. The van der Waals surface area contributed by atoms with Crippen molar-refractivity contribution in [1.82, 2.24) is 0 Å². The molecule has 0 rings (SSSR count). The first kappa shape index (κ1) is 12.3. The first-order valence-corrected chi connectivity index (χ1v) is 5.97. The van der Waals surface area contributed by atoms with E-state index in [1.165, 1.54) is 0 Å². The molecule has 0 aromatic rings. The van der Waals surface area contributed by atoms with E-state index in [1.807, 2.05) is 27.7 Å². The van der Waals surface area contributed by atoms with Crippen molar-refractivity contribution in [3.8, 4) is 0 Å². The Labute approximate surface area is 94.8 Å². The lowest BCUT2D eigenvalue weighted by molar-refractivity contribution is -0.118. The summed E-state index contributed by atoms with van der Waals surface area (Å²) in [7, 11) is 0. The van der Waals surface area contributed by atoms with Crippen LogP contribution in [-0.4, -0.2) is 10.9 Å². The highest BCUT2D eigenvalue weighted by Crippen LogP contribution is 2.18. The number of aliphatic hydroxyl groups is 1. The Morgan fingerprint density at radius 2 is 1.53 bits per heavy atom. The van der Waals surface area contributed by atoms with Gasteiger partial charge in [-0.05, 0) is 25.7 Å². The number of hydrogen-bond acceptors (Lipinski definition) is 2. The zero-order valence-electron chi connectivity index (χ0n) is 11.3. The monoisotopic (exact) mass is 213 g/mol. The highest BCUT2D eigenvalue weighted by molar-refractivity contribution is 5.92. The molecule has 0 fully saturated rings. The summed E-state index contributed by atoms with van der Waals surface area (Å²) in [5.74, 6) is -0.411. The Balaban J connectivity index is 4.92. The fourth-order valence-electron chi connectivity index (χ4n) is 1.67.